The molecule has 0 bridgehead atoms. The number of nitrogens with two attached hydrogens (primary N) is 1. The molecular weight excluding hydrogens is 216 g/mol. The van der Waals surface area contributed by atoms with Crippen molar-refractivity contribution in [2.45, 2.75) is 50.5 Å². The van der Waals surface area contributed by atoms with Crippen molar-refractivity contribution in [1.82, 2.24) is 10.1 Å². The quantitative estimate of drug-likeness (QED) is 0.845. The lowest BCUT2D eigenvalue weighted by atomic mass is 9.85. The summed E-state index contributed by atoms with van der Waals surface area (Å²) in [5.74, 6) is 1.78. The number of hydrogen-bond acceptors (Lipinski definition) is 5. The minimum Gasteiger partial charge on any atom is -0.338 e. The van der Waals surface area contributed by atoms with E-state index < -0.39 is 0 Å². The van der Waals surface area contributed by atoms with E-state index in [1.165, 1.54) is 25.7 Å². The van der Waals surface area contributed by atoms with Gasteiger partial charge in [0.25, 0.3) is 5.95 Å². The van der Waals surface area contributed by atoms with Crippen LogP contribution in [0.5, 0.6) is 0 Å². The van der Waals surface area contributed by atoms with E-state index in [9.17, 15) is 0 Å². The molecule has 17 heavy (non-hydrogen) atoms. The van der Waals surface area contributed by atoms with Gasteiger partial charge in [-0.15, -0.1) is 0 Å². The van der Waals surface area contributed by atoms with Gasteiger partial charge in [0.1, 0.15) is 0 Å². The van der Waals surface area contributed by atoms with Gasteiger partial charge in [0.15, 0.2) is 0 Å². The predicted molar refractivity (Wildman–Crippen MR) is 64.9 cm³/mol. The molecule has 1 aliphatic heterocycles. The van der Waals surface area contributed by atoms with Crippen LogP contribution in [0, 0.1) is 0 Å². The van der Waals surface area contributed by atoms with Crippen LogP contribution in [-0.2, 0) is 0 Å². The highest BCUT2D eigenvalue weighted by molar-refractivity contribution is 5.29. The van der Waals surface area contributed by atoms with Gasteiger partial charge in [0.2, 0.25) is 5.89 Å². The summed E-state index contributed by atoms with van der Waals surface area (Å²) in [6.45, 7) is 2.10. The maximum atomic E-state index is 6.13. The fraction of sp³-hybridized carbons (Fsp3) is 0.833. The molecule has 1 aromatic rings. The van der Waals surface area contributed by atoms with Crippen LogP contribution in [0.25, 0.3) is 0 Å². The second kappa shape index (κ2) is 4.64. The largest absolute Gasteiger partial charge is 0.338 e. The summed E-state index contributed by atoms with van der Waals surface area (Å²) in [5, 5.41) is 4.09. The summed E-state index contributed by atoms with van der Waals surface area (Å²) in [7, 11) is 0. The van der Waals surface area contributed by atoms with Crippen molar-refractivity contribution in [2.24, 2.45) is 5.73 Å². The third-order valence-electron chi connectivity index (χ3n) is 3.96. The van der Waals surface area contributed by atoms with Crippen LogP contribution < -0.4 is 10.6 Å². The first-order valence-corrected chi connectivity index (χ1v) is 6.69. The van der Waals surface area contributed by atoms with Gasteiger partial charge in [-0.1, -0.05) is 12.8 Å². The van der Waals surface area contributed by atoms with Crippen molar-refractivity contribution in [3.8, 4) is 0 Å². The first kappa shape index (κ1) is 11.0. The van der Waals surface area contributed by atoms with Crippen LogP contribution in [0.2, 0.25) is 0 Å². The van der Waals surface area contributed by atoms with Gasteiger partial charge in [-0.05, 0) is 30.8 Å². The van der Waals surface area contributed by atoms with Gasteiger partial charge in [0, 0.05) is 19.1 Å². The molecule has 94 valence electrons. The van der Waals surface area contributed by atoms with E-state index in [4.69, 9.17) is 10.3 Å². The summed E-state index contributed by atoms with van der Waals surface area (Å²) in [6, 6.07) is 0.190. The van der Waals surface area contributed by atoms with Gasteiger partial charge in [0.05, 0.1) is 5.92 Å². The molecule has 2 atom stereocenters. The van der Waals surface area contributed by atoms with Crippen molar-refractivity contribution in [3.63, 3.8) is 0 Å². The first-order valence-electron chi connectivity index (χ1n) is 6.69. The van der Waals surface area contributed by atoms with Crippen molar-refractivity contribution in [1.29, 1.82) is 0 Å². The summed E-state index contributed by atoms with van der Waals surface area (Å²) in [4.78, 5) is 6.73. The molecular formula is C12H20N4O. The smallest absolute Gasteiger partial charge is 0.266 e. The maximum Gasteiger partial charge on any atom is 0.266 e. The zero-order chi connectivity index (χ0) is 11.7. The molecule has 1 saturated heterocycles. The Hall–Kier alpha value is -1.10. The van der Waals surface area contributed by atoms with Crippen LogP contribution in [0.15, 0.2) is 4.52 Å². The van der Waals surface area contributed by atoms with Gasteiger partial charge in [-0.2, -0.15) is 4.98 Å². The number of hydrogen-bond donors (Lipinski definition) is 1. The van der Waals surface area contributed by atoms with Gasteiger partial charge in [-0.25, -0.2) is 0 Å². The van der Waals surface area contributed by atoms with E-state index in [1.807, 2.05) is 0 Å². The molecule has 0 aromatic carbocycles. The molecule has 0 amide bonds. The van der Waals surface area contributed by atoms with E-state index in [1.54, 1.807) is 0 Å². The highest BCUT2D eigenvalue weighted by Crippen LogP contribution is 2.32. The molecule has 2 heterocycles. The average molecular weight is 236 g/mol. The average Bonchev–Trinajstić information content (AvgIpc) is 3.00. The highest BCUT2D eigenvalue weighted by Gasteiger charge is 2.29. The molecule has 5 heteroatoms. The molecule has 1 saturated carbocycles. The summed E-state index contributed by atoms with van der Waals surface area (Å²) >= 11 is 0. The van der Waals surface area contributed by atoms with Crippen molar-refractivity contribution in [3.05, 3.63) is 5.89 Å². The van der Waals surface area contributed by atoms with E-state index >= 15 is 0 Å². The number of anilines is 1. The van der Waals surface area contributed by atoms with E-state index in [-0.39, 0.29) is 12.0 Å². The lowest BCUT2D eigenvalue weighted by Gasteiger charge is -2.25. The molecule has 2 unspecified atom stereocenters. The molecule has 5 nitrogen and oxygen atoms in total. The summed E-state index contributed by atoms with van der Waals surface area (Å²) in [6.07, 6.45) is 7.07. The van der Waals surface area contributed by atoms with Gasteiger partial charge >= 0.3 is 0 Å². The van der Waals surface area contributed by atoms with Gasteiger partial charge < -0.3 is 15.2 Å². The Balaban J connectivity index is 1.74. The Morgan fingerprint density at radius 3 is 2.65 bits per heavy atom. The van der Waals surface area contributed by atoms with Crippen LogP contribution >= 0.6 is 0 Å². The van der Waals surface area contributed by atoms with E-state index in [0.29, 0.717) is 0 Å². The molecule has 3 rings (SSSR count). The molecule has 0 spiro atoms. The van der Waals surface area contributed by atoms with Crippen molar-refractivity contribution in [2.75, 3.05) is 18.0 Å². The van der Waals surface area contributed by atoms with Crippen LogP contribution in [0.3, 0.4) is 0 Å². The SMILES string of the molecule is NC1CCCCC1c1nc(N2CCCC2)no1. The molecule has 2 N–H and O–H groups in total. The topological polar surface area (TPSA) is 68.2 Å². The van der Waals surface area contributed by atoms with Crippen LogP contribution in [0.1, 0.15) is 50.3 Å². The third kappa shape index (κ3) is 2.16. The second-order valence-electron chi connectivity index (χ2n) is 5.18. The predicted octanol–water partition coefficient (Wildman–Crippen LogP) is 1.65. The highest BCUT2D eigenvalue weighted by atomic mass is 16.5. The summed E-state index contributed by atoms with van der Waals surface area (Å²) < 4.78 is 5.40. The Labute approximate surface area is 101 Å². The molecule has 0 radical (unpaired) electrons. The van der Waals surface area contributed by atoms with E-state index in [2.05, 4.69) is 15.0 Å². The zero-order valence-electron chi connectivity index (χ0n) is 10.1. The molecule has 2 aliphatic rings. The van der Waals surface area contributed by atoms with Crippen LogP contribution in [-0.4, -0.2) is 29.3 Å². The minimum absolute atomic E-state index is 0.190. The maximum absolute atomic E-state index is 6.13. The number of aromatic nitrogens is 2. The monoisotopic (exact) mass is 236 g/mol. The fourth-order valence-corrected chi connectivity index (χ4v) is 2.89. The fourth-order valence-electron chi connectivity index (χ4n) is 2.89. The Morgan fingerprint density at radius 2 is 1.88 bits per heavy atom. The minimum atomic E-state index is 0.190. The zero-order valence-corrected chi connectivity index (χ0v) is 10.1. The Morgan fingerprint density at radius 1 is 1.12 bits per heavy atom. The lowest BCUT2D eigenvalue weighted by Crippen LogP contribution is -2.31. The number of rotatable bonds is 2. The number of nitrogens with zero attached hydrogens (tertiary/aromatic N) is 3. The molecule has 1 aliphatic carbocycles. The van der Waals surface area contributed by atoms with Crippen molar-refractivity contribution >= 4 is 5.95 Å². The normalized spacial score (nSPS) is 29.8. The molecule has 2 fully saturated rings. The lowest BCUT2D eigenvalue weighted by molar-refractivity contribution is 0.290. The summed E-state index contributed by atoms with van der Waals surface area (Å²) in [5.41, 5.74) is 6.13. The van der Waals surface area contributed by atoms with E-state index in [0.717, 1.165) is 37.8 Å². The van der Waals surface area contributed by atoms with Gasteiger partial charge in [-0.3, -0.25) is 0 Å². The van der Waals surface area contributed by atoms with Crippen molar-refractivity contribution < 1.29 is 4.52 Å². The van der Waals surface area contributed by atoms with Crippen LogP contribution in [0.4, 0.5) is 5.95 Å². The Bertz CT molecular complexity index is 372. The standard InChI is InChI=1S/C12H20N4O/c13-10-6-2-1-5-9(10)11-14-12(15-17-11)16-7-3-4-8-16/h9-10H,1-8,13H2. The first-order chi connectivity index (χ1) is 8.34. The third-order valence-corrected chi connectivity index (χ3v) is 3.96. The molecule has 1 aromatic heterocycles. The Kier molecular flexibility index (Phi) is 3.01. The second-order valence-corrected chi connectivity index (χ2v) is 5.18.